The second-order valence-electron chi connectivity index (χ2n) is 6.04. The van der Waals surface area contributed by atoms with Crippen LogP contribution in [0.25, 0.3) is 10.9 Å². The van der Waals surface area contributed by atoms with Crippen LogP contribution in [0.2, 0.25) is 0 Å². The summed E-state index contributed by atoms with van der Waals surface area (Å²) < 4.78 is 0. The van der Waals surface area contributed by atoms with E-state index in [0.717, 1.165) is 17.3 Å². The SMILES string of the molecule is CCC1CCC(NCc2nc3ccccc3c(=O)[nH]2)CC1. The highest BCUT2D eigenvalue weighted by molar-refractivity contribution is 5.77. The first-order valence-electron chi connectivity index (χ1n) is 7.97. The number of hydrogen-bond acceptors (Lipinski definition) is 3. The molecule has 1 fully saturated rings. The molecule has 0 unspecified atom stereocenters. The molecule has 1 aliphatic carbocycles. The van der Waals surface area contributed by atoms with E-state index in [-0.39, 0.29) is 5.56 Å². The van der Waals surface area contributed by atoms with E-state index < -0.39 is 0 Å². The van der Waals surface area contributed by atoms with Crippen molar-refractivity contribution in [1.29, 1.82) is 0 Å². The summed E-state index contributed by atoms with van der Waals surface area (Å²) in [5, 5.41) is 4.20. The first-order chi connectivity index (χ1) is 10.3. The second kappa shape index (κ2) is 6.39. The fourth-order valence-corrected chi connectivity index (χ4v) is 3.23. The number of aromatic nitrogens is 2. The standard InChI is InChI=1S/C17H23N3O/c1-2-12-7-9-13(10-8-12)18-11-16-19-15-6-4-3-5-14(15)17(21)20-16/h3-6,12-13,18H,2,7-11H2,1H3,(H,19,20,21). The van der Waals surface area contributed by atoms with E-state index in [1.807, 2.05) is 24.3 Å². The van der Waals surface area contributed by atoms with Crippen molar-refractivity contribution in [3.05, 3.63) is 40.4 Å². The molecule has 1 saturated carbocycles. The molecule has 0 aliphatic heterocycles. The molecule has 0 spiro atoms. The third-order valence-corrected chi connectivity index (χ3v) is 4.64. The summed E-state index contributed by atoms with van der Waals surface area (Å²) in [7, 11) is 0. The number of H-pyrrole nitrogens is 1. The van der Waals surface area contributed by atoms with Gasteiger partial charge in [-0.05, 0) is 43.7 Å². The van der Waals surface area contributed by atoms with Gasteiger partial charge in [0.1, 0.15) is 5.82 Å². The third-order valence-electron chi connectivity index (χ3n) is 4.64. The highest BCUT2D eigenvalue weighted by Gasteiger charge is 2.19. The number of fused-ring (bicyclic) bond motifs is 1. The molecule has 21 heavy (non-hydrogen) atoms. The summed E-state index contributed by atoms with van der Waals surface area (Å²) in [5.74, 6) is 1.64. The maximum absolute atomic E-state index is 12.0. The zero-order chi connectivity index (χ0) is 14.7. The lowest BCUT2D eigenvalue weighted by Crippen LogP contribution is -2.33. The van der Waals surface area contributed by atoms with Gasteiger partial charge < -0.3 is 10.3 Å². The van der Waals surface area contributed by atoms with Gasteiger partial charge in [-0.1, -0.05) is 25.5 Å². The van der Waals surface area contributed by atoms with E-state index in [0.29, 0.717) is 18.0 Å². The molecule has 0 saturated heterocycles. The van der Waals surface area contributed by atoms with E-state index in [2.05, 4.69) is 22.2 Å². The predicted octanol–water partition coefficient (Wildman–Crippen LogP) is 2.98. The van der Waals surface area contributed by atoms with E-state index in [4.69, 9.17) is 0 Å². The monoisotopic (exact) mass is 285 g/mol. The van der Waals surface area contributed by atoms with Crippen LogP contribution in [-0.4, -0.2) is 16.0 Å². The van der Waals surface area contributed by atoms with Crippen molar-refractivity contribution < 1.29 is 0 Å². The average molecular weight is 285 g/mol. The molecule has 1 aromatic heterocycles. The van der Waals surface area contributed by atoms with Crippen molar-refractivity contribution in [2.45, 2.75) is 51.6 Å². The molecular formula is C17H23N3O. The molecule has 1 aromatic carbocycles. The molecule has 2 aromatic rings. The van der Waals surface area contributed by atoms with Gasteiger partial charge in [0.25, 0.3) is 5.56 Å². The van der Waals surface area contributed by atoms with Crippen LogP contribution in [-0.2, 0) is 6.54 Å². The molecule has 112 valence electrons. The number of nitrogens with one attached hydrogen (secondary N) is 2. The van der Waals surface area contributed by atoms with E-state index in [9.17, 15) is 4.79 Å². The molecule has 0 bridgehead atoms. The van der Waals surface area contributed by atoms with Crippen molar-refractivity contribution in [3.8, 4) is 0 Å². The minimum atomic E-state index is -0.0490. The zero-order valence-electron chi connectivity index (χ0n) is 12.6. The van der Waals surface area contributed by atoms with Gasteiger partial charge in [-0.3, -0.25) is 4.79 Å². The van der Waals surface area contributed by atoms with Crippen molar-refractivity contribution in [1.82, 2.24) is 15.3 Å². The molecule has 3 rings (SSSR count). The van der Waals surface area contributed by atoms with E-state index >= 15 is 0 Å². The summed E-state index contributed by atoms with van der Waals surface area (Å²) in [4.78, 5) is 19.4. The van der Waals surface area contributed by atoms with Crippen LogP contribution in [0.4, 0.5) is 0 Å². The Morgan fingerprint density at radius 1 is 1.24 bits per heavy atom. The summed E-state index contributed by atoms with van der Waals surface area (Å²) in [6.07, 6.45) is 6.39. The molecule has 0 atom stereocenters. The molecule has 4 nitrogen and oxygen atoms in total. The summed E-state index contributed by atoms with van der Waals surface area (Å²) in [5.41, 5.74) is 0.722. The Balaban J connectivity index is 1.65. The molecule has 2 N–H and O–H groups in total. The van der Waals surface area contributed by atoms with Gasteiger partial charge in [-0.15, -0.1) is 0 Å². The molecule has 1 heterocycles. The maximum Gasteiger partial charge on any atom is 0.258 e. The minimum absolute atomic E-state index is 0.0490. The summed E-state index contributed by atoms with van der Waals surface area (Å²) in [6, 6.07) is 8.04. The summed E-state index contributed by atoms with van der Waals surface area (Å²) in [6.45, 7) is 2.92. The quantitative estimate of drug-likeness (QED) is 0.908. The zero-order valence-corrected chi connectivity index (χ0v) is 12.6. The Labute approximate surface area is 125 Å². The fourth-order valence-electron chi connectivity index (χ4n) is 3.23. The first-order valence-corrected chi connectivity index (χ1v) is 7.97. The average Bonchev–Trinajstić information content (AvgIpc) is 2.53. The molecule has 0 radical (unpaired) electrons. The number of aromatic amines is 1. The molecule has 4 heteroatoms. The van der Waals surface area contributed by atoms with Crippen LogP contribution in [0.3, 0.4) is 0 Å². The lowest BCUT2D eigenvalue weighted by Gasteiger charge is -2.28. The van der Waals surface area contributed by atoms with E-state index in [1.54, 1.807) is 0 Å². The van der Waals surface area contributed by atoms with Crippen LogP contribution in [0, 0.1) is 5.92 Å². The molecule has 0 amide bonds. The Morgan fingerprint density at radius 3 is 2.76 bits per heavy atom. The Kier molecular flexibility index (Phi) is 4.34. The largest absolute Gasteiger partial charge is 0.309 e. The van der Waals surface area contributed by atoms with Gasteiger partial charge in [-0.2, -0.15) is 0 Å². The number of hydrogen-bond donors (Lipinski definition) is 2. The minimum Gasteiger partial charge on any atom is -0.309 e. The van der Waals surface area contributed by atoms with Crippen LogP contribution >= 0.6 is 0 Å². The first kappa shape index (κ1) is 14.3. The predicted molar refractivity (Wildman–Crippen MR) is 85.2 cm³/mol. The van der Waals surface area contributed by atoms with Crippen molar-refractivity contribution >= 4 is 10.9 Å². The van der Waals surface area contributed by atoms with Gasteiger partial charge >= 0.3 is 0 Å². The Morgan fingerprint density at radius 2 is 2.00 bits per heavy atom. The topological polar surface area (TPSA) is 57.8 Å². The van der Waals surface area contributed by atoms with Gasteiger partial charge in [0.05, 0.1) is 17.4 Å². The Hall–Kier alpha value is -1.68. The normalized spacial score (nSPS) is 22.5. The second-order valence-corrected chi connectivity index (χ2v) is 6.04. The van der Waals surface area contributed by atoms with Gasteiger partial charge in [0.15, 0.2) is 0 Å². The number of para-hydroxylation sites is 1. The highest BCUT2D eigenvalue weighted by Crippen LogP contribution is 2.26. The summed E-state index contributed by atoms with van der Waals surface area (Å²) >= 11 is 0. The number of nitrogens with zero attached hydrogens (tertiary/aromatic N) is 1. The van der Waals surface area contributed by atoms with Crippen LogP contribution in [0.15, 0.2) is 29.1 Å². The third kappa shape index (κ3) is 3.32. The maximum atomic E-state index is 12.0. The number of benzene rings is 1. The van der Waals surface area contributed by atoms with Gasteiger partial charge in [0.2, 0.25) is 0 Å². The van der Waals surface area contributed by atoms with Crippen LogP contribution < -0.4 is 10.9 Å². The van der Waals surface area contributed by atoms with Gasteiger partial charge in [-0.25, -0.2) is 4.98 Å². The van der Waals surface area contributed by atoms with Gasteiger partial charge in [0, 0.05) is 6.04 Å². The lowest BCUT2D eigenvalue weighted by molar-refractivity contribution is 0.284. The van der Waals surface area contributed by atoms with Crippen molar-refractivity contribution in [2.75, 3.05) is 0 Å². The molecule has 1 aliphatic rings. The van der Waals surface area contributed by atoms with Crippen molar-refractivity contribution in [3.63, 3.8) is 0 Å². The fraction of sp³-hybridized carbons (Fsp3) is 0.529. The van der Waals surface area contributed by atoms with Crippen LogP contribution in [0.1, 0.15) is 44.9 Å². The smallest absolute Gasteiger partial charge is 0.258 e. The Bertz CT molecular complexity index is 656. The highest BCUT2D eigenvalue weighted by atomic mass is 16.1. The van der Waals surface area contributed by atoms with Crippen LogP contribution in [0.5, 0.6) is 0 Å². The number of rotatable bonds is 4. The lowest BCUT2D eigenvalue weighted by atomic mass is 9.84. The van der Waals surface area contributed by atoms with Crippen molar-refractivity contribution in [2.24, 2.45) is 5.92 Å². The van der Waals surface area contributed by atoms with E-state index in [1.165, 1.54) is 32.1 Å². The molecular weight excluding hydrogens is 262 g/mol.